The Morgan fingerprint density at radius 1 is 1.16 bits per heavy atom. The van der Waals surface area contributed by atoms with Crippen LogP contribution >= 0.6 is 15.9 Å². The number of rotatable bonds is 2. The summed E-state index contributed by atoms with van der Waals surface area (Å²) in [6.45, 7) is 8.24. The number of pyridine rings is 1. The minimum atomic E-state index is -0.0129. The van der Waals surface area contributed by atoms with Crippen molar-refractivity contribution >= 4 is 44.1 Å². The molecule has 0 fully saturated rings. The van der Waals surface area contributed by atoms with Gasteiger partial charge in [0, 0.05) is 32.5 Å². The summed E-state index contributed by atoms with van der Waals surface area (Å²) >= 11 is 3.53. The van der Waals surface area contributed by atoms with Crippen LogP contribution in [0.4, 0.5) is 0 Å². The van der Waals surface area contributed by atoms with Gasteiger partial charge in [-0.15, -0.1) is 6.58 Å². The van der Waals surface area contributed by atoms with Crippen LogP contribution < -0.4 is 10.9 Å². The van der Waals surface area contributed by atoms with Gasteiger partial charge in [-0.25, -0.2) is 0 Å². The van der Waals surface area contributed by atoms with E-state index in [-0.39, 0.29) is 5.56 Å². The van der Waals surface area contributed by atoms with Gasteiger partial charge >= 0.3 is 0 Å². The maximum absolute atomic E-state index is 12.5. The van der Waals surface area contributed by atoms with Gasteiger partial charge in [-0.3, -0.25) is 4.79 Å². The third-order valence-electron chi connectivity index (χ3n) is 3.41. The molecule has 2 aromatic carbocycles. The molecule has 0 atom stereocenters. The van der Waals surface area contributed by atoms with Gasteiger partial charge in [-0.2, -0.15) is 0 Å². The van der Waals surface area contributed by atoms with Crippen molar-refractivity contribution in [2.75, 3.05) is 0 Å². The van der Waals surface area contributed by atoms with Crippen LogP contribution in [0.3, 0.4) is 0 Å². The predicted octanol–water partition coefficient (Wildman–Crippen LogP) is 3.23. The molecular formula is C16H12BrNO. The first-order chi connectivity index (χ1) is 9.15. The van der Waals surface area contributed by atoms with E-state index < -0.39 is 0 Å². The van der Waals surface area contributed by atoms with E-state index in [2.05, 4.69) is 29.1 Å². The Morgan fingerprint density at radius 3 is 2.63 bits per heavy atom. The van der Waals surface area contributed by atoms with Gasteiger partial charge < -0.3 is 4.57 Å². The van der Waals surface area contributed by atoms with Crippen LogP contribution in [0.1, 0.15) is 0 Å². The van der Waals surface area contributed by atoms with Crippen LogP contribution in [0.5, 0.6) is 0 Å². The first kappa shape index (κ1) is 12.2. The maximum Gasteiger partial charge on any atom is 0.259 e. The average Bonchev–Trinajstić information content (AvgIpc) is 2.42. The van der Waals surface area contributed by atoms with Crippen molar-refractivity contribution in [3.63, 3.8) is 0 Å². The summed E-state index contributed by atoms with van der Waals surface area (Å²) in [5.74, 6) is 0. The van der Waals surface area contributed by atoms with Crippen LogP contribution in [-0.4, -0.2) is 4.57 Å². The van der Waals surface area contributed by atoms with Gasteiger partial charge in [0.15, 0.2) is 0 Å². The summed E-state index contributed by atoms with van der Waals surface area (Å²) in [5.41, 5.74) is -0.0129. The first-order valence-electron chi connectivity index (χ1n) is 5.98. The highest BCUT2D eigenvalue weighted by Gasteiger charge is 2.11. The third kappa shape index (κ3) is 1.65. The molecule has 0 bridgehead atoms. The minimum absolute atomic E-state index is 0.0129. The molecule has 0 saturated carbocycles. The smallest absolute Gasteiger partial charge is 0.259 e. The molecule has 3 aromatic rings. The van der Waals surface area contributed by atoms with E-state index in [0.717, 1.165) is 31.4 Å². The molecule has 0 unspecified atom stereocenters. The molecular weight excluding hydrogens is 302 g/mol. The average molecular weight is 314 g/mol. The quantitative estimate of drug-likeness (QED) is 0.666. The van der Waals surface area contributed by atoms with E-state index in [9.17, 15) is 4.79 Å². The molecule has 0 aliphatic rings. The molecule has 2 nitrogen and oxygen atoms in total. The summed E-state index contributed by atoms with van der Waals surface area (Å²) in [6.07, 6.45) is 1.72. The van der Waals surface area contributed by atoms with Crippen LogP contribution in [0.25, 0.3) is 28.1 Å². The van der Waals surface area contributed by atoms with E-state index in [1.165, 1.54) is 0 Å². The Bertz CT molecular complexity index is 875. The Kier molecular flexibility index (Phi) is 2.79. The number of benzene rings is 2. The van der Waals surface area contributed by atoms with E-state index in [1.54, 1.807) is 10.6 Å². The van der Waals surface area contributed by atoms with E-state index in [0.29, 0.717) is 6.54 Å². The largest absolute Gasteiger partial charge is 0.305 e. The zero-order chi connectivity index (χ0) is 13.6. The number of allylic oxidation sites excluding steroid dienone is 1. The second-order valence-corrected chi connectivity index (χ2v) is 5.33. The van der Waals surface area contributed by atoms with Crippen molar-refractivity contribution < 1.29 is 0 Å². The summed E-state index contributed by atoms with van der Waals surface area (Å²) < 4.78 is 2.66. The number of hydrogen-bond acceptors (Lipinski definition) is 1. The zero-order valence-corrected chi connectivity index (χ0v) is 11.9. The molecule has 94 valence electrons. The van der Waals surface area contributed by atoms with Crippen molar-refractivity contribution in [3.05, 3.63) is 63.2 Å². The first-order valence-corrected chi connectivity index (χ1v) is 6.77. The molecule has 0 aliphatic carbocycles. The molecule has 0 amide bonds. The lowest BCUT2D eigenvalue weighted by molar-refractivity contribution is 0.770. The van der Waals surface area contributed by atoms with Crippen molar-refractivity contribution in [2.24, 2.45) is 0 Å². The molecule has 0 spiro atoms. The van der Waals surface area contributed by atoms with E-state index >= 15 is 0 Å². The second-order valence-electron chi connectivity index (χ2n) is 4.47. The van der Waals surface area contributed by atoms with Gasteiger partial charge in [0.1, 0.15) is 0 Å². The predicted molar refractivity (Wildman–Crippen MR) is 84.4 cm³/mol. The molecule has 1 heterocycles. The minimum Gasteiger partial charge on any atom is -0.305 e. The highest BCUT2D eigenvalue weighted by atomic mass is 79.9. The molecule has 19 heavy (non-hydrogen) atoms. The van der Waals surface area contributed by atoms with Crippen LogP contribution in [-0.2, 0) is 6.54 Å². The Hall–Kier alpha value is -1.87. The van der Waals surface area contributed by atoms with Gasteiger partial charge in [-0.05, 0) is 17.5 Å². The second kappa shape index (κ2) is 4.35. The van der Waals surface area contributed by atoms with E-state index in [1.807, 2.05) is 30.3 Å². The lowest BCUT2D eigenvalue weighted by atomic mass is 10.0. The Morgan fingerprint density at radius 2 is 1.89 bits per heavy atom. The fourth-order valence-corrected chi connectivity index (χ4v) is 2.99. The number of hydrogen-bond donors (Lipinski definition) is 0. The van der Waals surface area contributed by atoms with Crippen molar-refractivity contribution in [1.82, 2.24) is 4.57 Å². The van der Waals surface area contributed by atoms with Crippen LogP contribution in [0.2, 0.25) is 0 Å². The summed E-state index contributed by atoms with van der Waals surface area (Å²) in [4.78, 5) is 12.5. The van der Waals surface area contributed by atoms with Gasteiger partial charge in [-0.1, -0.05) is 46.8 Å². The molecule has 1 aromatic heterocycles. The van der Waals surface area contributed by atoms with Crippen molar-refractivity contribution in [3.8, 4) is 0 Å². The van der Waals surface area contributed by atoms with Gasteiger partial charge in [0.05, 0.1) is 0 Å². The van der Waals surface area contributed by atoms with Crippen molar-refractivity contribution in [1.29, 1.82) is 0 Å². The summed E-state index contributed by atoms with van der Waals surface area (Å²) in [6, 6.07) is 9.78. The van der Waals surface area contributed by atoms with Crippen LogP contribution in [0, 0.1) is 0 Å². The van der Waals surface area contributed by atoms with Crippen LogP contribution in [0.15, 0.2) is 52.3 Å². The highest BCUT2D eigenvalue weighted by molar-refractivity contribution is 9.10. The molecule has 0 N–H and O–H groups in total. The monoisotopic (exact) mass is 313 g/mol. The molecule has 3 heteroatoms. The molecule has 0 saturated heterocycles. The lowest BCUT2D eigenvalue weighted by Gasteiger charge is -2.12. The highest BCUT2D eigenvalue weighted by Crippen LogP contribution is 2.28. The SMILES string of the molecule is C=CCn1c(=C)c2ccc(Br)c3cccc(c1=O)c32. The zero-order valence-electron chi connectivity index (χ0n) is 10.3. The normalized spacial score (nSPS) is 11.2. The molecule has 0 aliphatic heterocycles. The van der Waals surface area contributed by atoms with Gasteiger partial charge in [0.2, 0.25) is 0 Å². The topological polar surface area (TPSA) is 22.0 Å². The summed E-state index contributed by atoms with van der Waals surface area (Å²) in [5, 5.41) is 4.49. The number of nitrogens with zero attached hydrogens (tertiary/aromatic N) is 1. The van der Waals surface area contributed by atoms with E-state index in [4.69, 9.17) is 0 Å². The molecule has 0 radical (unpaired) electrons. The van der Waals surface area contributed by atoms with Gasteiger partial charge in [0.25, 0.3) is 5.56 Å². The fraction of sp³-hybridized carbons (Fsp3) is 0.0625. The number of halogens is 1. The standard InChI is InChI=1S/C16H12BrNO/c1-3-9-18-10(2)11-7-8-14(17)12-5-4-6-13(15(11)12)16(18)19/h3-8H,1-2,9H2. The Balaban J connectivity index is 2.68. The Labute approximate surface area is 118 Å². The maximum atomic E-state index is 12.5. The fourth-order valence-electron chi connectivity index (χ4n) is 2.53. The lowest BCUT2D eigenvalue weighted by Crippen LogP contribution is -2.32. The third-order valence-corrected chi connectivity index (χ3v) is 4.10. The number of aromatic nitrogens is 1. The summed E-state index contributed by atoms with van der Waals surface area (Å²) in [7, 11) is 0. The molecule has 3 rings (SSSR count). The van der Waals surface area contributed by atoms with Crippen molar-refractivity contribution in [2.45, 2.75) is 6.54 Å².